The van der Waals surface area contributed by atoms with Crippen molar-refractivity contribution in [1.82, 2.24) is 5.32 Å². The van der Waals surface area contributed by atoms with E-state index in [-0.39, 0.29) is 30.1 Å². The lowest BCUT2D eigenvalue weighted by molar-refractivity contribution is -0.117. The highest BCUT2D eigenvalue weighted by Crippen LogP contribution is 2.12. The SMILES string of the molecule is CCOC(=O)NC(=O)CSC(C)CCO. The normalized spacial score (nSPS) is 11.9. The van der Waals surface area contributed by atoms with E-state index in [4.69, 9.17) is 5.11 Å². The van der Waals surface area contributed by atoms with Crippen molar-refractivity contribution < 1.29 is 19.4 Å². The van der Waals surface area contributed by atoms with Crippen LogP contribution in [0.25, 0.3) is 0 Å². The number of hydrogen-bond acceptors (Lipinski definition) is 5. The summed E-state index contributed by atoms with van der Waals surface area (Å²) in [4.78, 5) is 22.0. The van der Waals surface area contributed by atoms with Gasteiger partial charge in [-0.2, -0.15) is 0 Å². The Bertz CT molecular complexity index is 210. The predicted octanol–water partition coefficient (Wildman–Crippen LogP) is 0.763. The predicted molar refractivity (Wildman–Crippen MR) is 58.8 cm³/mol. The third-order valence-corrected chi connectivity index (χ3v) is 2.79. The first-order valence-electron chi connectivity index (χ1n) is 4.79. The van der Waals surface area contributed by atoms with Crippen LogP contribution in [0.3, 0.4) is 0 Å². The van der Waals surface area contributed by atoms with Gasteiger partial charge in [0.05, 0.1) is 12.4 Å². The Labute approximate surface area is 93.6 Å². The molecule has 5 nitrogen and oxygen atoms in total. The number of rotatable bonds is 6. The molecule has 1 atom stereocenters. The van der Waals surface area contributed by atoms with Crippen LogP contribution in [-0.4, -0.2) is 41.3 Å². The maximum absolute atomic E-state index is 11.1. The van der Waals surface area contributed by atoms with Crippen molar-refractivity contribution in [1.29, 1.82) is 0 Å². The number of ether oxygens (including phenoxy) is 1. The minimum absolute atomic E-state index is 0.105. The number of hydrogen-bond donors (Lipinski definition) is 2. The van der Waals surface area contributed by atoms with Crippen LogP contribution >= 0.6 is 11.8 Å². The number of thioether (sulfide) groups is 1. The van der Waals surface area contributed by atoms with Gasteiger partial charge in [-0.25, -0.2) is 4.79 Å². The van der Waals surface area contributed by atoms with E-state index >= 15 is 0 Å². The van der Waals surface area contributed by atoms with E-state index in [1.54, 1.807) is 6.92 Å². The lowest BCUT2D eigenvalue weighted by Gasteiger charge is -2.08. The fourth-order valence-corrected chi connectivity index (χ4v) is 1.58. The Hall–Kier alpha value is -0.750. The average Bonchev–Trinajstić information content (AvgIpc) is 2.15. The Balaban J connectivity index is 3.61. The molecule has 2 N–H and O–H groups in total. The molecule has 1 unspecified atom stereocenters. The van der Waals surface area contributed by atoms with Crippen LogP contribution in [0.4, 0.5) is 4.79 Å². The van der Waals surface area contributed by atoms with Crippen molar-refractivity contribution in [2.45, 2.75) is 25.5 Å². The van der Waals surface area contributed by atoms with Gasteiger partial charge in [0.1, 0.15) is 0 Å². The highest BCUT2D eigenvalue weighted by Gasteiger charge is 2.10. The minimum atomic E-state index is -0.710. The number of alkyl carbamates (subject to hydrolysis) is 1. The second-order valence-corrected chi connectivity index (χ2v) is 4.33. The highest BCUT2D eigenvalue weighted by molar-refractivity contribution is 8.00. The average molecular weight is 235 g/mol. The number of carbonyl (C=O) groups is 2. The van der Waals surface area contributed by atoms with Gasteiger partial charge in [-0.1, -0.05) is 6.92 Å². The molecule has 15 heavy (non-hydrogen) atoms. The molecule has 0 aromatic carbocycles. The number of imide groups is 1. The molecule has 0 aliphatic carbocycles. The maximum atomic E-state index is 11.1. The van der Waals surface area contributed by atoms with Gasteiger partial charge in [-0.15, -0.1) is 11.8 Å². The molecule has 0 aromatic rings. The van der Waals surface area contributed by atoms with E-state index in [0.717, 1.165) is 0 Å². The Morgan fingerprint density at radius 3 is 2.73 bits per heavy atom. The lowest BCUT2D eigenvalue weighted by atomic mass is 10.3. The molecule has 0 aromatic heterocycles. The Morgan fingerprint density at radius 2 is 2.20 bits per heavy atom. The Kier molecular flexibility index (Phi) is 8.12. The van der Waals surface area contributed by atoms with Crippen LogP contribution in [0.5, 0.6) is 0 Å². The fourth-order valence-electron chi connectivity index (χ4n) is 0.800. The van der Waals surface area contributed by atoms with Crippen LogP contribution in [-0.2, 0) is 9.53 Å². The molecule has 0 radical (unpaired) electrons. The summed E-state index contributed by atoms with van der Waals surface area (Å²) in [7, 11) is 0. The van der Waals surface area contributed by atoms with Crippen molar-refractivity contribution in [3.05, 3.63) is 0 Å². The topological polar surface area (TPSA) is 75.6 Å². The van der Waals surface area contributed by atoms with E-state index in [2.05, 4.69) is 10.1 Å². The van der Waals surface area contributed by atoms with Crippen molar-refractivity contribution in [3.63, 3.8) is 0 Å². The van der Waals surface area contributed by atoms with E-state index in [1.807, 2.05) is 6.92 Å². The van der Waals surface area contributed by atoms with Gasteiger partial charge < -0.3 is 9.84 Å². The molecule has 6 heteroatoms. The summed E-state index contributed by atoms with van der Waals surface area (Å²) < 4.78 is 4.55. The van der Waals surface area contributed by atoms with E-state index < -0.39 is 6.09 Å². The quantitative estimate of drug-likeness (QED) is 0.711. The summed E-state index contributed by atoms with van der Waals surface area (Å²) >= 11 is 1.39. The zero-order valence-corrected chi connectivity index (χ0v) is 9.80. The summed E-state index contributed by atoms with van der Waals surface area (Å²) in [5.74, 6) is -0.178. The molecule has 0 spiro atoms. The number of carbonyl (C=O) groups excluding carboxylic acids is 2. The molecule has 0 heterocycles. The molecule has 0 fully saturated rings. The van der Waals surface area contributed by atoms with E-state index in [9.17, 15) is 9.59 Å². The number of aliphatic hydroxyl groups is 1. The van der Waals surface area contributed by atoms with Crippen molar-refractivity contribution in [2.24, 2.45) is 0 Å². The van der Waals surface area contributed by atoms with Crippen LogP contribution < -0.4 is 5.32 Å². The maximum Gasteiger partial charge on any atom is 0.413 e. The standard InChI is InChI=1S/C9H17NO4S/c1-3-14-9(13)10-8(12)6-15-7(2)4-5-11/h7,11H,3-6H2,1-2H3,(H,10,12,13). The van der Waals surface area contributed by atoms with Gasteiger partial charge in [-0.05, 0) is 13.3 Å². The molecule has 0 saturated carbocycles. The summed E-state index contributed by atoms with van der Waals surface area (Å²) in [6.45, 7) is 3.93. The van der Waals surface area contributed by atoms with Gasteiger partial charge >= 0.3 is 6.09 Å². The van der Waals surface area contributed by atoms with Crippen LogP contribution in [0.1, 0.15) is 20.3 Å². The smallest absolute Gasteiger partial charge is 0.413 e. The lowest BCUT2D eigenvalue weighted by Crippen LogP contribution is -2.32. The summed E-state index contributed by atoms with van der Waals surface area (Å²) in [6, 6.07) is 0. The third-order valence-electron chi connectivity index (χ3n) is 1.55. The first-order valence-corrected chi connectivity index (χ1v) is 5.84. The van der Waals surface area contributed by atoms with E-state index in [0.29, 0.717) is 6.42 Å². The summed E-state index contributed by atoms with van der Waals surface area (Å²) in [6.07, 6.45) is -0.0740. The van der Waals surface area contributed by atoms with Gasteiger partial charge in [0.15, 0.2) is 0 Å². The van der Waals surface area contributed by atoms with Gasteiger partial charge in [-0.3, -0.25) is 10.1 Å². The molecule has 88 valence electrons. The van der Waals surface area contributed by atoms with Gasteiger partial charge in [0, 0.05) is 11.9 Å². The van der Waals surface area contributed by atoms with Gasteiger partial charge in [0.25, 0.3) is 0 Å². The van der Waals surface area contributed by atoms with Crippen molar-refractivity contribution >= 4 is 23.8 Å². The first-order chi connectivity index (χ1) is 7.10. The highest BCUT2D eigenvalue weighted by atomic mass is 32.2. The van der Waals surface area contributed by atoms with Crippen LogP contribution in [0.15, 0.2) is 0 Å². The van der Waals surface area contributed by atoms with Crippen molar-refractivity contribution in [3.8, 4) is 0 Å². The molecule has 0 bridgehead atoms. The zero-order valence-electron chi connectivity index (χ0n) is 8.99. The molecule has 0 saturated heterocycles. The number of nitrogens with one attached hydrogen (secondary N) is 1. The molecule has 0 aliphatic rings. The van der Waals surface area contributed by atoms with Crippen molar-refractivity contribution in [2.75, 3.05) is 19.0 Å². The van der Waals surface area contributed by atoms with Crippen LogP contribution in [0.2, 0.25) is 0 Å². The molecular weight excluding hydrogens is 218 g/mol. The number of amides is 2. The molecule has 0 aliphatic heterocycles. The molecule has 2 amide bonds. The fraction of sp³-hybridized carbons (Fsp3) is 0.778. The molecular formula is C9H17NO4S. The van der Waals surface area contributed by atoms with Gasteiger partial charge in [0.2, 0.25) is 5.91 Å². The van der Waals surface area contributed by atoms with E-state index in [1.165, 1.54) is 11.8 Å². The summed E-state index contributed by atoms with van der Waals surface area (Å²) in [5, 5.41) is 10.9. The second-order valence-electron chi connectivity index (χ2n) is 2.90. The van der Waals surface area contributed by atoms with Crippen LogP contribution in [0, 0.1) is 0 Å². The largest absolute Gasteiger partial charge is 0.450 e. The zero-order chi connectivity index (χ0) is 11.7. The summed E-state index contributed by atoms with van der Waals surface area (Å²) in [5.41, 5.74) is 0. The molecule has 0 rings (SSSR count). The minimum Gasteiger partial charge on any atom is -0.450 e. The third kappa shape index (κ3) is 8.26. The monoisotopic (exact) mass is 235 g/mol. The Morgan fingerprint density at radius 1 is 1.53 bits per heavy atom. The number of aliphatic hydroxyl groups excluding tert-OH is 1. The second kappa shape index (κ2) is 8.55. The first kappa shape index (κ1) is 14.2.